The quantitative estimate of drug-likeness (QED) is 0.425. The number of amides is 3. The van der Waals surface area contributed by atoms with Gasteiger partial charge in [0.25, 0.3) is 0 Å². The Labute approximate surface area is 135 Å². The Morgan fingerprint density at radius 1 is 1.23 bits per heavy atom. The lowest BCUT2D eigenvalue weighted by molar-refractivity contribution is -0.122. The van der Waals surface area contributed by atoms with E-state index in [9.17, 15) is 9.59 Å². The Kier molecular flexibility index (Phi) is 5.46. The van der Waals surface area contributed by atoms with Crippen molar-refractivity contribution in [2.24, 2.45) is 0 Å². The highest BCUT2D eigenvalue weighted by Gasteiger charge is 2.42. The third-order valence-corrected chi connectivity index (χ3v) is 6.29. The lowest BCUT2D eigenvalue weighted by atomic mass is 10.0. The van der Waals surface area contributed by atoms with Gasteiger partial charge in [-0.3, -0.25) is 4.79 Å². The summed E-state index contributed by atoms with van der Waals surface area (Å²) in [6.45, 7) is 2.01. The van der Waals surface area contributed by atoms with Crippen molar-refractivity contribution in [3.63, 3.8) is 0 Å². The van der Waals surface area contributed by atoms with Crippen molar-refractivity contribution < 1.29 is 9.59 Å². The van der Waals surface area contributed by atoms with Crippen molar-refractivity contribution in [2.75, 3.05) is 18.8 Å². The minimum absolute atomic E-state index is 0.0263. The Morgan fingerprint density at radius 2 is 2.05 bits per heavy atom. The Hall–Kier alpha value is -0.950. The minimum Gasteiger partial charge on any atom is -0.353 e. The highest BCUT2D eigenvalue weighted by atomic mass is 32.2. The summed E-state index contributed by atoms with van der Waals surface area (Å²) in [5, 5.41) is 12.9. The van der Waals surface area contributed by atoms with E-state index in [4.69, 9.17) is 0 Å². The van der Waals surface area contributed by atoms with Crippen molar-refractivity contribution in [2.45, 2.75) is 61.9 Å². The smallest absolute Gasteiger partial charge is 0.315 e. The van der Waals surface area contributed by atoms with Crippen molar-refractivity contribution in [1.29, 1.82) is 0 Å². The molecule has 3 saturated heterocycles. The molecule has 3 unspecified atom stereocenters. The van der Waals surface area contributed by atoms with E-state index in [-0.39, 0.29) is 18.0 Å². The summed E-state index contributed by atoms with van der Waals surface area (Å²) >= 11 is 1.94. The molecule has 0 aromatic rings. The molecule has 4 N–H and O–H groups in total. The monoisotopic (exact) mass is 326 g/mol. The molecule has 3 atom stereocenters. The number of carbonyl (C=O) groups excluding carboxylic acids is 2. The van der Waals surface area contributed by atoms with Crippen LogP contribution in [0.2, 0.25) is 0 Å². The summed E-state index contributed by atoms with van der Waals surface area (Å²) in [5.74, 6) is 1.20. The number of unbranched alkanes of at least 4 members (excludes halogenated alkanes) is 1. The average molecular weight is 326 g/mol. The molecule has 0 aromatic heterocycles. The highest BCUT2D eigenvalue weighted by molar-refractivity contribution is 8.00. The van der Waals surface area contributed by atoms with Crippen LogP contribution >= 0.6 is 11.8 Å². The van der Waals surface area contributed by atoms with Gasteiger partial charge in [0.05, 0.1) is 12.1 Å². The third kappa shape index (κ3) is 4.07. The van der Waals surface area contributed by atoms with Gasteiger partial charge in [-0.15, -0.1) is 0 Å². The number of hydrogen-bond donors (Lipinski definition) is 4. The first-order valence-electron chi connectivity index (χ1n) is 8.41. The first-order valence-corrected chi connectivity index (χ1v) is 9.46. The maximum atomic E-state index is 11.9. The summed E-state index contributed by atoms with van der Waals surface area (Å²) < 4.78 is 0. The number of piperidine rings is 1. The van der Waals surface area contributed by atoms with Gasteiger partial charge in [0.15, 0.2) is 0 Å². The van der Waals surface area contributed by atoms with Crippen molar-refractivity contribution in [3.8, 4) is 0 Å². The summed E-state index contributed by atoms with van der Waals surface area (Å²) in [7, 11) is 0. The number of hydrogen-bond acceptors (Lipinski definition) is 4. The molecule has 0 spiro atoms. The van der Waals surface area contributed by atoms with E-state index in [1.165, 1.54) is 0 Å². The highest BCUT2D eigenvalue weighted by Crippen LogP contribution is 2.33. The van der Waals surface area contributed by atoms with Crippen molar-refractivity contribution in [1.82, 2.24) is 21.3 Å². The van der Waals surface area contributed by atoms with E-state index < -0.39 is 0 Å². The van der Waals surface area contributed by atoms with E-state index >= 15 is 0 Å². The van der Waals surface area contributed by atoms with Crippen LogP contribution in [-0.2, 0) is 4.79 Å². The molecule has 22 heavy (non-hydrogen) atoms. The molecule has 7 heteroatoms. The van der Waals surface area contributed by atoms with Crippen molar-refractivity contribution in [3.05, 3.63) is 0 Å². The Morgan fingerprint density at radius 3 is 2.86 bits per heavy atom. The zero-order chi connectivity index (χ0) is 15.4. The molecule has 0 saturated carbocycles. The van der Waals surface area contributed by atoms with Gasteiger partial charge < -0.3 is 21.3 Å². The van der Waals surface area contributed by atoms with Gasteiger partial charge in [0.1, 0.15) is 0 Å². The molecular weight excluding hydrogens is 300 g/mol. The Balaban J connectivity index is 1.29. The largest absolute Gasteiger partial charge is 0.353 e. The van der Waals surface area contributed by atoms with E-state index in [1.807, 2.05) is 11.8 Å². The van der Waals surface area contributed by atoms with Crippen LogP contribution in [0.3, 0.4) is 0 Å². The summed E-state index contributed by atoms with van der Waals surface area (Å²) in [6.07, 6.45) is 5.78. The second kappa shape index (κ2) is 7.55. The lowest BCUT2D eigenvalue weighted by Crippen LogP contribution is -2.42. The minimum atomic E-state index is -0.0263. The number of urea groups is 1. The number of thioether (sulfide) groups is 1. The van der Waals surface area contributed by atoms with E-state index in [0.29, 0.717) is 23.8 Å². The van der Waals surface area contributed by atoms with Gasteiger partial charge in [-0.05, 0) is 38.8 Å². The summed E-state index contributed by atoms with van der Waals surface area (Å²) in [5.41, 5.74) is 0. The Bertz CT molecular complexity index is 414. The summed E-state index contributed by atoms with van der Waals surface area (Å²) in [4.78, 5) is 23.3. The number of carbonyl (C=O) groups is 2. The number of rotatable bonds is 6. The molecule has 3 heterocycles. The van der Waals surface area contributed by atoms with E-state index in [2.05, 4.69) is 21.3 Å². The van der Waals surface area contributed by atoms with Crippen LogP contribution in [0.1, 0.15) is 38.5 Å². The van der Waals surface area contributed by atoms with Gasteiger partial charge in [-0.2, -0.15) is 11.8 Å². The molecule has 0 aliphatic carbocycles. The van der Waals surface area contributed by atoms with Crippen LogP contribution in [0.15, 0.2) is 0 Å². The SMILES string of the molecule is O=C(CCCCC1SCC2NC(=O)NC21)NC1CCNCC1. The van der Waals surface area contributed by atoms with Crippen LogP contribution in [0.5, 0.6) is 0 Å². The van der Waals surface area contributed by atoms with Crippen molar-refractivity contribution >= 4 is 23.7 Å². The predicted molar refractivity (Wildman–Crippen MR) is 88.0 cm³/mol. The molecule has 3 fully saturated rings. The van der Waals surface area contributed by atoms with Gasteiger partial charge in [0.2, 0.25) is 5.91 Å². The molecule has 0 bridgehead atoms. The van der Waals surface area contributed by atoms with Crippen LogP contribution in [0, 0.1) is 0 Å². The van der Waals surface area contributed by atoms with Crippen LogP contribution in [-0.4, -0.2) is 54.2 Å². The van der Waals surface area contributed by atoms with Crippen LogP contribution in [0.25, 0.3) is 0 Å². The van der Waals surface area contributed by atoms with Gasteiger partial charge in [-0.1, -0.05) is 6.42 Å². The number of nitrogens with one attached hydrogen (secondary N) is 4. The first-order chi connectivity index (χ1) is 10.7. The van der Waals surface area contributed by atoms with Crippen LogP contribution < -0.4 is 21.3 Å². The average Bonchev–Trinajstić information content (AvgIpc) is 3.04. The molecule has 0 radical (unpaired) electrons. The predicted octanol–water partition coefficient (Wildman–Crippen LogP) is 0.580. The molecule has 3 aliphatic heterocycles. The fraction of sp³-hybridized carbons (Fsp3) is 0.867. The fourth-order valence-electron chi connectivity index (χ4n) is 3.54. The summed E-state index contributed by atoms with van der Waals surface area (Å²) in [6, 6.07) is 0.910. The van der Waals surface area contributed by atoms with Gasteiger partial charge in [0, 0.05) is 23.5 Å². The molecule has 124 valence electrons. The standard InChI is InChI=1S/C15H26N4O2S/c20-13(17-10-5-7-16-8-6-10)4-2-1-3-12-14-11(9-22-12)18-15(21)19-14/h10-12,14,16H,1-9H2,(H,17,20)(H2,18,19,21). The van der Waals surface area contributed by atoms with Gasteiger partial charge >= 0.3 is 6.03 Å². The zero-order valence-corrected chi connectivity index (χ0v) is 13.7. The molecule has 3 amide bonds. The maximum Gasteiger partial charge on any atom is 0.315 e. The second-order valence-electron chi connectivity index (χ2n) is 6.46. The van der Waals surface area contributed by atoms with E-state index in [0.717, 1.165) is 50.9 Å². The maximum absolute atomic E-state index is 11.9. The zero-order valence-electron chi connectivity index (χ0n) is 12.9. The topological polar surface area (TPSA) is 82.3 Å². The molecular formula is C15H26N4O2S. The third-order valence-electron chi connectivity index (χ3n) is 4.78. The van der Waals surface area contributed by atoms with Crippen LogP contribution in [0.4, 0.5) is 4.79 Å². The number of fused-ring (bicyclic) bond motifs is 1. The fourth-order valence-corrected chi connectivity index (χ4v) is 5.08. The molecule has 3 rings (SSSR count). The van der Waals surface area contributed by atoms with E-state index in [1.54, 1.807) is 0 Å². The normalized spacial score (nSPS) is 31.5. The molecule has 6 nitrogen and oxygen atoms in total. The lowest BCUT2D eigenvalue weighted by Gasteiger charge is -2.23. The molecule has 3 aliphatic rings. The first kappa shape index (κ1) is 15.9. The second-order valence-corrected chi connectivity index (χ2v) is 7.73. The molecule has 0 aromatic carbocycles. The van der Waals surface area contributed by atoms with Gasteiger partial charge in [-0.25, -0.2) is 4.79 Å².